The molecule has 0 radical (unpaired) electrons. The van der Waals surface area contributed by atoms with E-state index in [2.05, 4.69) is 9.97 Å². The minimum atomic E-state index is 0.652. The lowest BCUT2D eigenvalue weighted by Crippen LogP contribution is -1.92. The van der Waals surface area contributed by atoms with E-state index in [1.165, 1.54) is 0 Å². The Hall–Kier alpha value is -2.13. The molecule has 0 amide bonds. The average Bonchev–Trinajstić information content (AvgIpc) is 2.46. The zero-order chi connectivity index (χ0) is 13.2. The molecular weight excluding hydrogens is 260 g/mol. The van der Waals surface area contributed by atoms with Gasteiger partial charge in [0, 0.05) is 10.6 Å². The fraction of sp³-hybridized carbons (Fsp3) is 0.0667. The van der Waals surface area contributed by atoms with Crippen LogP contribution in [0, 0.1) is 0 Å². The maximum absolute atomic E-state index is 5.98. The summed E-state index contributed by atoms with van der Waals surface area (Å²) in [7, 11) is 1.64. The number of benzene rings is 2. The summed E-state index contributed by atoms with van der Waals surface area (Å²) in [5.74, 6) is 0.776. The van der Waals surface area contributed by atoms with Crippen molar-refractivity contribution >= 4 is 22.6 Å². The molecule has 0 atom stereocenters. The summed E-state index contributed by atoms with van der Waals surface area (Å²) in [6, 6.07) is 13.2. The maximum Gasteiger partial charge on any atom is 0.128 e. The second-order valence-corrected chi connectivity index (χ2v) is 4.52. The van der Waals surface area contributed by atoms with Crippen molar-refractivity contribution in [3.8, 4) is 17.0 Å². The van der Waals surface area contributed by atoms with Crippen LogP contribution in [-0.4, -0.2) is 17.1 Å². The van der Waals surface area contributed by atoms with Gasteiger partial charge in [0.15, 0.2) is 0 Å². The molecule has 0 N–H and O–H groups in total. The SMILES string of the molecule is COc1ccccc1-c1cnc2ccc(Cl)cc2n1. The Morgan fingerprint density at radius 1 is 1.05 bits per heavy atom. The third-order valence-electron chi connectivity index (χ3n) is 2.89. The van der Waals surface area contributed by atoms with Crippen molar-refractivity contribution in [2.75, 3.05) is 7.11 Å². The highest BCUT2D eigenvalue weighted by molar-refractivity contribution is 6.31. The minimum Gasteiger partial charge on any atom is -0.496 e. The molecule has 3 rings (SSSR count). The number of rotatable bonds is 2. The van der Waals surface area contributed by atoms with Gasteiger partial charge in [0.2, 0.25) is 0 Å². The summed E-state index contributed by atoms with van der Waals surface area (Å²) in [5.41, 5.74) is 3.28. The molecule has 0 saturated carbocycles. The van der Waals surface area contributed by atoms with Crippen molar-refractivity contribution < 1.29 is 4.74 Å². The first-order valence-electron chi connectivity index (χ1n) is 5.83. The van der Waals surface area contributed by atoms with Gasteiger partial charge in [0.1, 0.15) is 5.75 Å². The monoisotopic (exact) mass is 270 g/mol. The molecule has 3 nitrogen and oxygen atoms in total. The number of hydrogen-bond donors (Lipinski definition) is 0. The summed E-state index contributed by atoms with van der Waals surface area (Å²) in [4.78, 5) is 8.99. The van der Waals surface area contributed by atoms with Crippen LogP contribution in [0.4, 0.5) is 0 Å². The second kappa shape index (κ2) is 4.86. The number of methoxy groups -OCH3 is 1. The van der Waals surface area contributed by atoms with Gasteiger partial charge in [-0.05, 0) is 30.3 Å². The topological polar surface area (TPSA) is 35.0 Å². The Balaban J connectivity index is 2.20. The molecule has 0 fully saturated rings. The first-order valence-corrected chi connectivity index (χ1v) is 6.21. The molecule has 0 aliphatic heterocycles. The summed E-state index contributed by atoms with van der Waals surface area (Å²) in [6.45, 7) is 0. The van der Waals surface area contributed by atoms with Gasteiger partial charge in [0.25, 0.3) is 0 Å². The van der Waals surface area contributed by atoms with Gasteiger partial charge in [-0.2, -0.15) is 0 Å². The molecule has 0 saturated heterocycles. The van der Waals surface area contributed by atoms with Crippen LogP contribution in [0.15, 0.2) is 48.7 Å². The second-order valence-electron chi connectivity index (χ2n) is 4.09. The van der Waals surface area contributed by atoms with E-state index in [0.717, 1.165) is 28.0 Å². The van der Waals surface area contributed by atoms with Crippen LogP contribution in [0.1, 0.15) is 0 Å². The van der Waals surface area contributed by atoms with E-state index in [-0.39, 0.29) is 0 Å². The van der Waals surface area contributed by atoms with Gasteiger partial charge in [-0.1, -0.05) is 23.7 Å². The van der Waals surface area contributed by atoms with Gasteiger partial charge in [0.05, 0.1) is 30.0 Å². The largest absolute Gasteiger partial charge is 0.496 e. The zero-order valence-electron chi connectivity index (χ0n) is 10.3. The van der Waals surface area contributed by atoms with E-state index < -0.39 is 0 Å². The maximum atomic E-state index is 5.98. The average molecular weight is 271 g/mol. The summed E-state index contributed by atoms with van der Waals surface area (Å²) in [5, 5.41) is 0.652. The van der Waals surface area contributed by atoms with Crippen LogP contribution in [0.3, 0.4) is 0 Å². The van der Waals surface area contributed by atoms with Gasteiger partial charge < -0.3 is 4.74 Å². The number of fused-ring (bicyclic) bond motifs is 1. The Labute approximate surface area is 115 Å². The predicted octanol–water partition coefficient (Wildman–Crippen LogP) is 3.96. The molecule has 2 aromatic carbocycles. The normalized spacial score (nSPS) is 10.6. The molecule has 94 valence electrons. The van der Waals surface area contributed by atoms with E-state index in [1.807, 2.05) is 36.4 Å². The molecule has 0 aliphatic rings. The molecule has 0 unspecified atom stereocenters. The highest BCUT2D eigenvalue weighted by Gasteiger charge is 2.08. The van der Waals surface area contributed by atoms with E-state index >= 15 is 0 Å². The molecule has 0 aliphatic carbocycles. The molecule has 19 heavy (non-hydrogen) atoms. The summed E-state index contributed by atoms with van der Waals surface area (Å²) >= 11 is 5.98. The molecular formula is C15H11ClN2O. The number of halogens is 1. The molecule has 0 spiro atoms. The summed E-state index contributed by atoms with van der Waals surface area (Å²) < 4.78 is 5.34. The lowest BCUT2D eigenvalue weighted by Gasteiger charge is -2.08. The van der Waals surface area contributed by atoms with Crippen LogP contribution in [-0.2, 0) is 0 Å². The Kier molecular flexibility index (Phi) is 3.05. The van der Waals surface area contributed by atoms with Gasteiger partial charge in [-0.15, -0.1) is 0 Å². The molecule has 4 heteroatoms. The van der Waals surface area contributed by atoms with E-state index in [0.29, 0.717) is 5.02 Å². The van der Waals surface area contributed by atoms with Gasteiger partial charge in [-0.3, -0.25) is 4.98 Å². The third kappa shape index (κ3) is 2.25. The van der Waals surface area contributed by atoms with Crippen molar-refractivity contribution in [2.45, 2.75) is 0 Å². The number of ether oxygens (including phenoxy) is 1. The van der Waals surface area contributed by atoms with Crippen LogP contribution in [0.5, 0.6) is 5.75 Å². The summed E-state index contributed by atoms with van der Waals surface area (Å²) in [6.07, 6.45) is 1.74. The van der Waals surface area contributed by atoms with Crippen molar-refractivity contribution in [3.05, 3.63) is 53.7 Å². The highest BCUT2D eigenvalue weighted by atomic mass is 35.5. The molecule has 0 bridgehead atoms. The Morgan fingerprint density at radius 3 is 2.74 bits per heavy atom. The first-order chi connectivity index (χ1) is 9.28. The highest BCUT2D eigenvalue weighted by Crippen LogP contribution is 2.28. The predicted molar refractivity (Wildman–Crippen MR) is 76.5 cm³/mol. The van der Waals surface area contributed by atoms with Crippen molar-refractivity contribution in [1.29, 1.82) is 0 Å². The van der Waals surface area contributed by atoms with Crippen LogP contribution in [0.2, 0.25) is 5.02 Å². The number of hydrogen-bond acceptors (Lipinski definition) is 3. The van der Waals surface area contributed by atoms with Crippen molar-refractivity contribution in [2.24, 2.45) is 0 Å². The van der Waals surface area contributed by atoms with Crippen LogP contribution >= 0.6 is 11.6 Å². The minimum absolute atomic E-state index is 0.652. The first kappa shape index (κ1) is 11.9. The van der Waals surface area contributed by atoms with E-state index in [1.54, 1.807) is 19.4 Å². The quantitative estimate of drug-likeness (QED) is 0.707. The van der Waals surface area contributed by atoms with Crippen molar-refractivity contribution in [3.63, 3.8) is 0 Å². The van der Waals surface area contributed by atoms with Gasteiger partial charge in [-0.25, -0.2) is 4.98 Å². The Morgan fingerprint density at radius 2 is 1.89 bits per heavy atom. The third-order valence-corrected chi connectivity index (χ3v) is 3.12. The fourth-order valence-electron chi connectivity index (χ4n) is 1.97. The number of nitrogens with zero attached hydrogens (tertiary/aromatic N) is 2. The molecule has 3 aromatic rings. The van der Waals surface area contributed by atoms with Crippen LogP contribution in [0.25, 0.3) is 22.3 Å². The number of para-hydroxylation sites is 1. The lowest BCUT2D eigenvalue weighted by molar-refractivity contribution is 0.416. The Bertz CT molecular complexity index is 743. The molecule has 1 heterocycles. The fourth-order valence-corrected chi connectivity index (χ4v) is 2.14. The van der Waals surface area contributed by atoms with Crippen molar-refractivity contribution in [1.82, 2.24) is 9.97 Å². The smallest absolute Gasteiger partial charge is 0.128 e. The number of aromatic nitrogens is 2. The molecule has 1 aromatic heterocycles. The van der Waals surface area contributed by atoms with Crippen LogP contribution < -0.4 is 4.74 Å². The zero-order valence-corrected chi connectivity index (χ0v) is 11.1. The lowest BCUT2D eigenvalue weighted by atomic mass is 10.1. The van der Waals surface area contributed by atoms with E-state index in [4.69, 9.17) is 16.3 Å². The van der Waals surface area contributed by atoms with Gasteiger partial charge >= 0.3 is 0 Å². The standard InChI is InChI=1S/C15H11ClN2O/c1-19-15-5-3-2-4-11(15)14-9-17-12-7-6-10(16)8-13(12)18-14/h2-9H,1H3. The van der Waals surface area contributed by atoms with E-state index in [9.17, 15) is 0 Å².